The maximum atomic E-state index is 6.38. The molecule has 108 valence electrons. The molecule has 0 saturated heterocycles. The van der Waals surface area contributed by atoms with Crippen LogP contribution in [-0.4, -0.2) is 22.9 Å². The van der Waals surface area contributed by atoms with Gasteiger partial charge in [-0.1, -0.05) is 31.9 Å². The molecule has 1 aliphatic carbocycles. The lowest BCUT2D eigenvalue weighted by Crippen LogP contribution is -2.43. The minimum Gasteiger partial charge on any atom is -0.316 e. The molecule has 0 unspecified atom stereocenters. The van der Waals surface area contributed by atoms with Gasteiger partial charge in [0.15, 0.2) is 0 Å². The van der Waals surface area contributed by atoms with E-state index >= 15 is 0 Å². The first-order valence-electron chi connectivity index (χ1n) is 7.32. The molecule has 19 heavy (non-hydrogen) atoms. The Morgan fingerprint density at radius 2 is 2.11 bits per heavy atom. The average Bonchev–Trinajstić information content (AvgIpc) is 2.51. The molecule has 1 N–H and O–H groups in total. The van der Waals surface area contributed by atoms with Crippen LogP contribution < -0.4 is 5.32 Å². The van der Waals surface area contributed by atoms with Crippen molar-refractivity contribution in [1.29, 1.82) is 0 Å². The summed E-state index contributed by atoms with van der Waals surface area (Å²) < 4.78 is 1.96. The highest BCUT2D eigenvalue weighted by atomic mass is 35.5. The quantitative estimate of drug-likeness (QED) is 0.868. The fourth-order valence-corrected chi connectivity index (χ4v) is 3.17. The summed E-state index contributed by atoms with van der Waals surface area (Å²) in [6.07, 6.45) is 5.00. The molecular weight excluding hydrogens is 258 g/mol. The van der Waals surface area contributed by atoms with Crippen molar-refractivity contribution >= 4 is 11.6 Å². The van der Waals surface area contributed by atoms with Crippen molar-refractivity contribution in [2.24, 2.45) is 18.4 Å². The van der Waals surface area contributed by atoms with Gasteiger partial charge in [0.1, 0.15) is 0 Å². The Morgan fingerprint density at radius 1 is 1.42 bits per heavy atom. The highest BCUT2D eigenvalue weighted by molar-refractivity contribution is 6.31. The number of aryl methyl sites for hydroxylation is 2. The second-order valence-corrected chi connectivity index (χ2v) is 6.90. The van der Waals surface area contributed by atoms with Crippen LogP contribution in [0.2, 0.25) is 5.02 Å². The second kappa shape index (κ2) is 5.84. The first kappa shape index (κ1) is 14.9. The Morgan fingerprint density at radius 3 is 2.53 bits per heavy atom. The van der Waals surface area contributed by atoms with Crippen molar-refractivity contribution in [1.82, 2.24) is 15.1 Å². The Hall–Kier alpha value is -0.540. The van der Waals surface area contributed by atoms with Crippen LogP contribution in [0.1, 0.15) is 44.5 Å². The third-order valence-corrected chi connectivity index (χ3v) is 4.76. The van der Waals surface area contributed by atoms with Crippen LogP contribution >= 0.6 is 11.6 Å². The Balaban J connectivity index is 2.02. The van der Waals surface area contributed by atoms with E-state index in [2.05, 4.69) is 24.3 Å². The third kappa shape index (κ3) is 3.32. The molecule has 0 amide bonds. The van der Waals surface area contributed by atoms with E-state index in [4.69, 9.17) is 11.6 Å². The summed E-state index contributed by atoms with van der Waals surface area (Å²) in [5.41, 5.74) is 2.55. The van der Waals surface area contributed by atoms with E-state index in [0.717, 1.165) is 30.2 Å². The zero-order chi connectivity index (χ0) is 14.0. The van der Waals surface area contributed by atoms with E-state index in [1.54, 1.807) is 0 Å². The predicted octanol–water partition coefficient (Wildman–Crippen LogP) is 3.34. The zero-order valence-electron chi connectivity index (χ0n) is 12.6. The molecule has 0 spiro atoms. The van der Waals surface area contributed by atoms with Gasteiger partial charge in [-0.2, -0.15) is 5.10 Å². The maximum Gasteiger partial charge on any atom is 0.0847 e. The number of aromatic nitrogens is 2. The fraction of sp³-hybridized carbons (Fsp3) is 0.800. The normalized spacial score (nSPS) is 17.8. The third-order valence-electron chi connectivity index (χ3n) is 4.27. The summed E-state index contributed by atoms with van der Waals surface area (Å²) in [7, 11) is 2.00. The van der Waals surface area contributed by atoms with E-state index in [1.165, 1.54) is 25.0 Å². The second-order valence-electron chi connectivity index (χ2n) is 6.52. The number of hydrogen-bond acceptors (Lipinski definition) is 2. The first-order chi connectivity index (χ1) is 8.93. The molecule has 0 aromatic carbocycles. The van der Waals surface area contributed by atoms with Crippen LogP contribution in [0.3, 0.4) is 0 Å². The Kier molecular flexibility index (Phi) is 4.57. The summed E-state index contributed by atoms with van der Waals surface area (Å²) in [5.74, 6) is 0.708. The van der Waals surface area contributed by atoms with Gasteiger partial charge in [-0.3, -0.25) is 4.68 Å². The molecule has 1 heterocycles. The van der Waals surface area contributed by atoms with Crippen molar-refractivity contribution in [2.45, 2.75) is 46.5 Å². The molecule has 2 rings (SSSR count). The molecule has 0 atom stereocenters. The average molecular weight is 284 g/mol. The van der Waals surface area contributed by atoms with Gasteiger partial charge in [0.05, 0.1) is 16.4 Å². The van der Waals surface area contributed by atoms with Gasteiger partial charge in [0.25, 0.3) is 0 Å². The Bertz CT molecular complexity index is 433. The molecule has 3 nitrogen and oxygen atoms in total. The van der Waals surface area contributed by atoms with Crippen LogP contribution in [0, 0.1) is 18.3 Å². The fourth-order valence-electron chi connectivity index (χ4n) is 2.95. The number of nitrogens with one attached hydrogen (secondary N) is 1. The van der Waals surface area contributed by atoms with E-state index in [0.29, 0.717) is 11.3 Å². The number of nitrogens with zero attached hydrogens (tertiary/aromatic N) is 2. The number of halogens is 1. The highest BCUT2D eigenvalue weighted by Crippen LogP contribution is 2.44. The summed E-state index contributed by atoms with van der Waals surface area (Å²) >= 11 is 6.38. The van der Waals surface area contributed by atoms with Gasteiger partial charge in [-0.15, -0.1) is 0 Å². The lowest BCUT2D eigenvalue weighted by Gasteiger charge is -2.42. The van der Waals surface area contributed by atoms with Crippen molar-refractivity contribution < 1.29 is 0 Å². The van der Waals surface area contributed by atoms with Crippen LogP contribution in [0.4, 0.5) is 0 Å². The summed E-state index contributed by atoms with van der Waals surface area (Å²) in [6, 6.07) is 0. The molecule has 1 fully saturated rings. The number of rotatable bonds is 6. The standard InChI is InChI=1S/C15H26ClN3/c1-11(2)9-17-10-15(6-5-7-15)8-13-14(16)12(3)18-19(13)4/h11,17H,5-10H2,1-4H3. The van der Waals surface area contributed by atoms with E-state index in [9.17, 15) is 0 Å². The SMILES string of the molecule is Cc1nn(C)c(CC2(CNCC(C)C)CCC2)c1Cl. The molecule has 4 heteroatoms. The highest BCUT2D eigenvalue weighted by Gasteiger charge is 2.38. The van der Waals surface area contributed by atoms with Crippen molar-refractivity contribution in [3.05, 3.63) is 16.4 Å². The van der Waals surface area contributed by atoms with Crippen LogP contribution in [0.5, 0.6) is 0 Å². The molecule has 1 saturated carbocycles. The number of hydrogen-bond donors (Lipinski definition) is 1. The minimum absolute atomic E-state index is 0.402. The van der Waals surface area contributed by atoms with E-state index in [1.807, 2.05) is 18.7 Å². The van der Waals surface area contributed by atoms with E-state index in [-0.39, 0.29) is 0 Å². The van der Waals surface area contributed by atoms with Crippen molar-refractivity contribution in [3.8, 4) is 0 Å². The monoisotopic (exact) mass is 283 g/mol. The molecule has 0 radical (unpaired) electrons. The van der Waals surface area contributed by atoms with Gasteiger partial charge in [-0.25, -0.2) is 0 Å². The molecule has 1 aliphatic rings. The van der Waals surface area contributed by atoms with Gasteiger partial charge in [-0.05, 0) is 44.1 Å². The van der Waals surface area contributed by atoms with Crippen LogP contribution in [-0.2, 0) is 13.5 Å². The molecular formula is C15H26ClN3. The lowest BCUT2D eigenvalue weighted by molar-refractivity contribution is 0.126. The summed E-state index contributed by atoms with van der Waals surface area (Å²) in [6.45, 7) is 8.69. The summed E-state index contributed by atoms with van der Waals surface area (Å²) in [4.78, 5) is 0. The predicted molar refractivity (Wildman–Crippen MR) is 80.7 cm³/mol. The van der Waals surface area contributed by atoms with Gasteiger partial charge in [0, 0.05) is 13.6 Å². The summed E-state index contributed by atoms with van der Waals surface area (Å²) in [5, 5.41) is 8.91. The van der Waals surface area contributed by atoms with Crippen molar-refractivity contribution in [2.75, 3.05) is 13.1 Å². The largest absolute Gasteiger partial charge is 0.316 e. The smallest absolute Gasteiger partial charge is 0.0847 e. The van der Waals surface area contributed by atoms with Crippen LogP contribution in [0.25, 0.3) is 0 Å². The molecule has 1 aromatic rings. The molecule has 1 aromatic heterocycles. The topological polar surface area (TPSA) is 29.9 Å². The molecule has 0 bridgehead atoms. The molecule has 0 aliphatic heterocycles. The lowest BCUT2D eigenvalue weighted by atomic mass is 9.66. The minimum atomic E-state index is 0.402. The van der Waals surface area contributed by atoms with Gasteiger partial charge in [0.2, 0.25) is 0 Å². The van der Waals surface area contributed by atoms with E-state index < -0.39 is 0 Å². The van der Waals surface area contributed by atoms with Crippen LogP contribution in [0.15, 0.2) is 0 Å². The zero-order valence-corrected chi connectivity index (χ0v) is 13.3. The van der Waals surface area contributed by atoms with Gasteiger partial charge < -0.3 is 5.32 Å². The Labute approximate surface area is 121 Å². The van der Waals surface area contributed by atoms with Gasteiger partial charge >= 0.3 is 0 Å². The first-order valence-corrected chi connectivity index (χ1v) is 7.70. The maximum absolute atomic E-state index is 6.38. The van der Waals surface area contributed by atoms with Crippen molar-refractivity contribution in [3.63, 3.8) is 0 Å².